The monoisotopic (exact) mass is 446 g/mol. The van der Waals surface area contributed by atoms with E-state index < -0.39 is 0 Å². The summed E-state index contributed by atoms with van der Waals surface area (Å²) >= 11 is 4.17. The molecule has 0 bridgehead atoms. The van der Waals surface area contributed by atoms with E-state index in [0.29, 0.717) is 5.13 Å². The van der Waals surface area contributed by atoms with E-state index in [0.717, 1.165) is 32.6 Å². The average Bonchev–Trinajstić information content (AvgIpc) is 3.28. The third-order valence-electron chi connectivity index (χ3n) is 4.25. The first-order valence-corrected chi connectivity index (χ1v) is 11.7. The Morgan fingerprint density at radius 2 is 1.97 bits per heavy atom. The topological polar surface area (TPSA) is 98.0 Å². The van der Waals surface area contributed by atoms with Crippen molar-refractivity contribution in [3.8, 4) is 11.3 Å². The van der Waals surface area contributed by atoms with Crippen molar-refractivity contribution in [2.75, 3.05) is 5.32 Å². The number of hydrogen-bond donors (Lipinski definition) is 2. The van der Waals surface area contributed by atoms with Gasteiger partial charge in [-0.2, -0.15) is 0 Å². The Hall–Kier alpha value is -2.23. The van der Waals surface area contributed by atoms with Crippen LogP contribution >= 0.6 is 34.4 Å². The molecule has 1 atom stereocenters. The number of aryl methyl sites for hydroxylation is 2. The number of nitrogens with one attached hydrogen (secondary N) is 1. The number of carbonyl (C=O) groups excluding carboxylic acids is 2. The van der Waals surface area contributed by atoms with Gasteiger partial charge in [-0.1, -0.05) is 43.0 Å². The van der Waals surface area contributed by atoms with Gasteiger partial charge in [0.15, 0.2) is 9.47 Å². The summed E-state index contributed by atoms with van der Waals surface area (Å²) in [5.74, 6) is -0.524. The van der Waals surface area contributed by atoms with Gasteiger partial charge in [-0.15, -0.1) is 22.7 Å². The van der Waals surface area contributed by atoms with Crippen LogP contribution in [0.4, 0.5) is 5.13 Å². The number of thioether (sulfide) groups is 1. The van der Waals surface area contributed by atoms with Crippen molar-refractivity contribution >= 4 is 51.4 Å². The van der Waals surface area contributed by atoms with Gasteiger partial charge < -0.3 is 11.1 Å². The average molecular weight is 447 g/mol. The van der Waals surface area contributed by atoms with Gasteiger partial charge in [-0.25, -0.2) is 9.97 Å². The molecule has 0 aliphatic rings. The molecule has 3 aromatic rings. The lowest BCUT2D eigenvalue weighted by atomic mass is 10.1. The first-order chi connectivity index (χ1) is 13.9. The third kappa shape index (κ3) is 5.65. The fraction of sp³-hybridized carbons (Fsp3) is 0.300. The number of amides is 2. The van der Waals surface area contributed by atoms with Crippen molar-refractivity contribution in [1.82, 2.24) is 9.97 Å². The predicted octanol–water partition coefficient (Wildman–Crippen LogP) is 4.28. The molecule has 1 unspecified atom stereocenters. The normalized spacial score (nSPS) is 12.0. The molecule has 3 rings (SSSR count). The second kappa shape index (κ2) is 9.51. The van der Waals surface area contributed by atoms with Gasteiger partial charge in [0.1, 0.15) is 0 Å². The standard InChI is InChI=1S/C20H22N4O2S3/c1-4-13-5-7-14(8-6-13)15-10-27-19(23-15)24-18(26)12(3)28-20-22-11(2)16(29-20)9-17(21)25/h5-8,10,12H,4,9H2,1-3H3,(H2,21,25)(H,23,24,26). The molecule has 3 N–H and O–H groups in total. The Balaban J connectivity index is 1.61. The molecule has 1 aromatic carbocycles. The Morgan fingerprint density at radius 3 is 2.62 bits per heavy atom. The zero-order valence-electron chi connectivity index (χ0n) is 16.4. The highest BCUT2D eigenvalue weighted by atomic mass is 32.2. The van der Waals surface area contributed by atoms with Gasteiger partial charge in [0.25, 0.3) is 0 Å². The minimum atomic E-state index is -0.386. The molecule has 29 heavy (non-hydrogen) atoms. The van der Waals surface area contributed by atoms with Crippen molar-refractivity contribution < 1.29 is 9.59 Å². The number of nitrogens with zero attached hydrogens (tertiary/aromatic N) is 2. The van der Waals surface area contributed by atoms with E-state index in [2.05, 4.69) is 34.3 Å². The summed E-state index contributed by atoms with van der Waals surface area (Å²) in [6.07, 6.45) is 1.17. The molecule has 9 heteroatoms. The number of nitrogens with two attached hydrogens (primary N) is 1. The van der Waals surface area contributed by atoms with Crippen LogP contribution in [-0.4, -0.2) is 27.0 Å². The summed E-state index contributed by atoms with van der Waals surface area (Å²) in [4.78, 5) is 33.5. The second-order valence-electron chi connectivity index (χ2n) is 6.47. The minimum absolute atomic E-state index is 0.137. The molecule has 0 aliphatic carbocycles. The van der Waals surface area contributed by atoms with E-state index in [4.69, 9.17) is 5.73 Å². The van der Waals surface area contributed by atoms with Crippen molar-refractivity contribution in [3.05, 3.63) is 45.8 Å². The molecule has 2 heterocycles. The number of primary amides is 1. The molecule has 0 aliphatic heterocycles. The lowest BCUT2D eigenvalue weighted by molar-refractivity contribution is -0.117. The van der Waals surface area contributed by atoms with Crippen LogP contribution < -0.4 is 11.1 Å². The van der Waals surface area contributed by atoms with Gasteiger partial charge in [0.05, 0.1) is 23.1 Å². The van der Waals surface area contributed by atoms with Gasteiger partial charge in [0.2, 0.25) is 11.8 Å². The molecule has 6 nitrogen and oxygen atoms in total. The Kier molecular flexibility index (Phi) is 7.05. The molecule has 152 valence electrons. The summed E-state index contributed by atoms with van der Waals surface area (Å²) in [5, 5.41) is 5.04. The maximum atomic E-state index is 12.6. The van der Waals surface area contributed by atoms with Crippen LogP contribution in [0, 0.1) is 6.92 Å². The maximum absolute atomic E-state index is 12.6. The first-order valence-electron chi connectivity index (χ1n) is 9.12. The molecule has 2 aromatic heterocycles. The maximum Gasteiger partial charge on any atom is 0.239 e. The van der Waals surface area contributed by atoms with E-state index in [1.165, 1.54) is 40.0 Å². The van der Waals surface area contributed by atoms with E-state index in [-0.39, 0.29) is 23.5 Å². The number of anilines is 1. The molecule has 2 amide bonds. The van der Waals surface area contributed by atoms with Crippen LogP contribution in [0.15, 0.2) is 34.0 Å². The quantitative estimate of drug-likeness (QED) is 0.503. The fourth-order valence-electron chi connectivity index (χ4n) is 2.56. The third-order valence-corrected chi connectivity index (χ3v) is 7.36. The van der Waals surface area contributed by atoms with Gasteiger partial charge >= 0.3 is 0 Å². The molecule has 0 radical (unpaired) electrons. The smallest absolute Gasteiger partial charge is 0.239 e. The zero-order valence-corrected chi connectivity index (χ0v) is 18.8. The highest BCUT2D eigenvalue weighted by Crippen LogP contribution is 2.31. The Labute approximate surface area is 182 Å². The van der Waals surface area contributed by atoms with Crippen LogP contribution in [0.3, 0.4) is 0 Å². The Bertz CT molecular complexity index is 1010. The SMILES string of the molecule is CCc1ccc(-c2csc(NC(=O)C(C)Sc3nc(C)c(CC(N)=O)s3)n2)cc1. The van der Waals surface area contributed by atoms with Gasteiger partial charge in [-0.3, -0.25) is 9.59 Å². The zero-order chi connectivity index (χ0) is 21.0. The van der Waals surface area contributed by atoms with Crippen molar-refractivity contribution in [2.24, 2.45) is 5.73 Å². The lowest BCUT2D eigenvalue weighted by Crippen LogP contribution is -2.22. The molecule has 0 fully saturated rings. The highest BCUT2D eigenvalue weighted by molar-refractivity contribution is 8.02. The van der Waals surface area contributed by atoms with Crippen LogP contribution in [0.2, 0.25) is 0 Å². The van der Waals surface area contributed by atoms with Gasteiger partial charge in [0, 0.05) is 15.8 Å². The number of benzene rings is 1. The lowest BCUT2D eigenvalue weighted by Gasteiger charge is -2.08. The van der Waals surface area contributed by atoms with Crippen LogP contribution in [-0.2, 0) is 22.4 Å². The van der Waals surface area contributed by atoms with E-state index in [9.17, 15) is 9.59 Å². The van der Waals surface area contributed by atoms with E-state index in [1.54, 1.807) is 0 Å². The number of rotatable bonds is 8. The van der Waals surface area contributed by atoms with Gasteiger partial charge in [-0.05, 0) is 25.8 Å². The molecular formula is C20H22N4O2S3. The number of carbonyl (C=O) groups is 2. The van der Waals surface area contributed by atoms with Crippen molar-refractivity contribution in [3.63, 3.8) is 0 Å². The molecular weight excluding hydrogens is 424 g/mol. The van der Waals surface area contributed by atoms with Crippen LogP contribution in [0.5, 0.6) is 0 Å². The molecule has 0 saturated carbocycles. The predicted molar refractivity (Wildman–Crippen MR) is 121 cm³/mol. The highest BCUT2D eigenvalue weighted by Gasteiger charge is 2.19. The number of hydrogen-bond acceptors (Lipinski definition) is 7. The first kappa shape index (κ1) is 21.5. The summed E-state index contributed by atoms with van der Waals surface area (Å²) in [6.45, 7) is 5.78. The van der Waals surface area contributed by atoms with Crippen molar-refractivity contribution in [1.29, 1.82) is 0 Å². The van der Waals surface area contributed by atoms with E-state index >= 15 is 0 Å². The minimum Gasteiger partial charge on any atom is -0.369 e. The summed E-state index contributed by atoms with van der Waals surface area (Å²) < 4.78 is 0.747. The largest absolute Gasteiger partial charge is 0.369 e. The van der Waals surface area contributed by atoms with Crippen LogP contribution in [0.25, 0.3) is 11.3 Å². The number of aromatic nitrogens is 2. The second-order valence-corrected chi connectivity index (χ2v) is 10.00. The summed E-state index contributed by atoms with van der Waals surface area (Å²) in [7, 11) is 0. The van der Waals surface area contributed by atoms with E-state index in [1.807, 2.05) is 31.4 Å². The van der Waals surface area contributed by atoms with Crippen LogP contribution in [0.1, 0.15) is 30.0 Å². The molecule has 0 saturated heterocycles. The Morgan fingerprint density at radius 1 is 1.24 bits per heavy atom. The fourth-order valence-corrected chi connectivity index (χ4v) is 5.67. The summed E-state index contributed by atoms with van der Waals surface area (Å²) in [5.41, 5.74) is 9.19. The molecule has 0 spiro atoms. The summed E-state index contributed by atoms with van der Waals surface area (Å²) in [6, 6.07) is 8.28. The van der Waals surface area contributed by atoms with Crippen molar-refractivity contribution in [2.45, 2.75) is 43.2 Å². The number of thiazole rings is 2.